The summed E-state index contributed by atoms with van der Waals surface area (Å²) in [5.74, 6) is 0.118. The molecule has 0 saturated carbocycles. The minimum absolute atomic E-state index is 0.0182. The number of nitrogens with zero attached hydrogens (tertiary/aromatic N) is 3. The lowest BCUT2D eigenvalue weighted by Crippen LogP contribution is -2.47. The number of amides is 2. The molecule has 30 heavy (non-hydrogen) atoms. The van der Waals surface area contributed by atoms with Gasteiger partial charge in [-0.2, -0.15) is 4.31 Å². The summed E-state index contributed by atoms with van der Waals surface area (Å²) in [6.07, 6.45) is 2.15. The van der Waals surface area contributed by atoms with Gasteiger partial charge in [0.1, 0.15) is 0 Å². The molecule has 3 rings (SSSR count). The van der Waals surface area contributed by atoms with Crippen molar-refractivity contribution in [1.82, 2.24) is 19.4 Å². The second-order valence-corrected chi connectivity index (χ2v) is 9.87. The predicted octanol–water partition coefficient (Wildman–Crippen LogP) is 0.820. The van der Waals surface area contributed by atoms with Crippen LogP contribution in [0.15, 0.2) is 29.2 Å². The molecule has 2 aliphatic rings. The normalized spacial score (nSPS) is 17.7. The van der Waals surface area contributed by atoms with Gasteiger partial charge in [-0.1, -0.05) is 17.7 Å². The van der Waals surface area contributed by atoms with E-state index in [2.05, 4.69) is 5.32 Å². The van der Waals surface area contributed by atoms with Crippen molar-refractivity contribution in [3.63, 3.8) is 0 Å². The highest BCUT2D eigenvalue weighted by molar-refractivity contribution is 7.89. The molecule has 2 amide bonds. The number of piperazine rings is 1. The fraction of sp³-hybridized carbons (Fsp3) is 0.619. The molecule has 0 bridgehead atoms. The number of nitrogens with one attached hydrogen (secondary N) is 1. The predicted molar refractivity (Wildman–Crippen MR) is 114 cm³/mol. The standard InChI is InChI=1S/C21H32N4O4S/c1-18-5-7-19(8-6-18)30(28,29)25(14-3-13-23-12-2-4-20(23)26)15-9-21(27)24-16-10-22-11-17-24/h5-8,22H,2-4,9-17H2,1H3. The molecular weight excluding hydrogens is 404 g/mol. The first-order valence-electron chi connectivity index (χ1n) is 10.7. The number of carbonyl (C=O) groups is 2. The monoisotopic (exact) mass is 436 g/mol. The Morgan fingerprint density at radius 1 is 1.10 bits per heavy atom. The Morgan fingerprint density at radius 3 is 2.43 bits per heavy atom. The molecule has 1 N–H and O–H groups in total. The average Bonchev–Trinajstić information content (AvgIpc) is 3.15. The van der Waals surface area contributed by atoms with Crippen LogP contribution in [0.4, 0.5) is 0 Å². The van der Waals surface area contributed by atoms with Crippen LogP contribution >= 0.6 is 0 Å². The lowest BCUT2D eigenvalue weighted by molar-refractivity contribution is -0.131. The van der Waals surface area contributed by atoms with Crippen molar-refractivity contribution in [2.45, 2.75) is 37.5 Å². The second-order valence-electron chi connectivity index (χ2n) is 7.94. The fourth-order valence-corrected chi connectivity index (χ4v) is 5.36. The highest BCUT2D eigenvalue weighted by atomic mass is 32.2. The van der Waals surface area contributed by atoms with Gasteiger partial charge in [0.05, 0.1) is 4.90 Å². The van der Waals surface area contributed by atoms with Crippen LogP contribution in [0.3, 0.4) is 0 Å². The Labute approximate surface area is 179 Å². The number of rotatable bonds is 9. The molecule has 2 heterocycles. The van der Waals surface area contributed by atoms with Crippen molar-refractivity contribution in [3.05, 3.63) is 29.8 Å². The molecule has 0 atom stereocenters. The van der Waals surface area contributed by atoms with E-state index in [0.29, 0.717) is 32.5 Å². The van der Waals surface area contributed by atoms with Gasteiger partial charge in [0, 0.05) is 65.2 Å². The van der Waals surface area contributed by atoms with Gasteiger partial charge < -0.3 is 15.1 Å². The molecule has 166 valence electrons. The van der Waals surface area contributed by atoms with E-state index >= 15 is 0 Å². The molecule has 0 spiro atoms. The number of likely N-dealkylation sites (tertiary alicyclic amines) is 1. The van der Waals surface area contributed by atoms with E-state index in [1.54, 1.807) is 34.1 Å². The third kappa shape index (κ3) is 5.80. The molecule has 9 heteroatoms. The Kier molecular flexibility index (Phi) is 7.85. The largest absolute Gasteiger partial charge is 0.343 e. The van der Waals surface area contributed by atoms with E-state index in [-0.39, 0.29) is 36.2 Å². The molecule has 0 radical (unpaired) electrons. The van der Waals surface area contributed by atoms with E-state index in [4.69, 9.17) is 0 Å². The van der Waals surface area contributed by atoms with Crippen LogP contribution in [0.25, 0.3) is 0 Å². The third-order valence-electron chi connectivity index (χ3n) is 5.71. The first-order chi connectivity index (χ1) is 14.4. The summed E-state index contributed by atoms with van der Waals surface area (Å²) in [6.45, 7) is 6.47. The van der Waals surface area contributed by atoms with Gasteiger partial charge >= 0.3 is 0 Å². The van der Waals surface area contributed by atoms with Crippen LogP contribution in [-0.2, 0) is 19.6 Å². The summed E-state index contributed by atoms with van der Waals surface area (Å²) in [5, 5.41) is 3.21. The maximum Gasteiger partial charge on any atom is 0.243 e. The van der Waals surface area contributed by atoms with Crippen molar-refractivity contribution < 1.29 is 18.0 Å². The summed E-state index contributed by atoms with van der Waals surface area (Å²) in [5.41, 5.74) is 0.988. The Hall–Kier alpha value is -1.97. The maximum absolute atomic E-state index is 13.2. The lowest BCUT2D eigenvalue weighted by atomic mass is 10.2. The molecule has 0 aliphatic carbocycles. The van der Waals surface area contributed by atoms with Gasteiger partial charge in [0.25, 0.3) is 0 Å². The van der Waals surface area contributed by atoms with Crippen molar-refractivity contribution in [3.8, 4) is 0 Å². The first-order valence-corrected chi connectivity index (χ1v) is 12.1. The number of hydrogen-bond donors (Lipinski definition) is 1. The van der Waals surface area contributed by atoms with Crippen LogP contribution in [0.1, 0.15) is 31.2 Å². The molecule has 1 aromatic rings. The Bertz CT molecular complexity index is 835. The van der Waals surface area contributed by atoms with Gasteiger partial charge in [-0.25, -0.2) is 8.42 Å². The van der Waals surface area contributed by atoms with Gasteiger partial charge in [0.2, 0.25) is 21.8 Å². The van der Waals surface area contributed by atoms with Crippen LogP contribution < -0.4 is 5.32 Å². The van der Waals surface area contributed by atoms with E-state index < -0.39 is 10.0 Å². The second kappa shape index (κ2) is 10.4. The van der Waals surface area contributed by atoms with Gasteiger partial charge in [0.15, 0.2) is 0 Å². The maximum atomic E-state index is 13.2. The topological polar surface area (TPSA) is 90.0 Å². The molecule has 1 aromatic carbocycles. The highest BCUT2D eigenvalue weighted by Gasteiger charge is 2.27. The molecule has 0 aromatic heterocycles. The summed E-state index contributed by atoms with van der Waals surface area (Å²) >= 11 is 0. The van der Waals surface area contributed by atoms with E-state index in [1.807, 2.05) is 6.92 Å². The fourth-order valence-electron chi connectivity index (χ4n) is 3.88. The summed E-state index contributed by atoms with van der Waals surface area (Å²) in [7, 11) is -3.71. The zero-order valence-corrected chi connectivity index (χ0v) is 18.5. The third-order valence-corrected chi connectivity index (χ3v) is 7.62. The Morgan fingerprint density at radius 2 is 1.80 bits per heavy atom. The van der Waals surface area contributed by atoms with Gasteiger partial charge in [-0.05, 0) is 31.9 Å². The minimum Gasteiger partial charge on any atom is -0.343 e. The van der Waals surface area contributed by atoms with Gasteiger partial charge in [-0.15, -0.1) is 0 Å². The average molecular weight is 437 g/mol. The highest BCUT2D eigenvalue weighted by Crippen LogP contribution is 2.18. The zero-order valence-electron chi connectivity index (χ0n) is 17.7. The molecular formula is C21H32N4O4S. The van der Waals surface area contributed by atoms with Crippen molar-refractivity contribution >= 4 is 21.8 Å². The van der Waals surface area contributed by atoms with Crippen LogP contribution in [0, 0.1) is 6.92 Å². The molecule has 2 aliphatic heterocycles. The summed E-state index contributed by atoms with van der Waals surface area (Å²) < 4.78 is 27.9. The van der Waals surface area contributed by atoms with E-state index in [0.717, 1.165) is 31.6 Å². The molecule has 2 saturated heterocycles. The van der Waals surface area contributed by atoms with Gasteiger partial charge in [-0.3, -0.25) is 9.59 Å². The Balaban J connectivity index is 1.66. The van der Waals surface area contributed by atoms with E-state index in [1.165, 1.54) is 4.31 Å². The van der Waals surface area contributed by atoms with Crippen LogP contribution in [-0.4, -0.2) is 86.7 Å². The molecule has 0 unspecified atom stereocenters. The van der Waals surface area contributed by atoms with Crippen LogP contribution in [0.5, 0.6) is 0 Å². The first kappa shape index (κ1) is 22.7. The SMILES string of the molecule is Cc1ccc(S(=O)(=O)N(CCCN2CCCC2=O)CCC(=O)N2CCNCC2)cc1. The number of carbonyl (C=O) groups excluding carboxylic acids is 2. The van der Waals surface area contributed by atoms with Crippen molar-refractivity contribution in [2.75, 3.05) is 52.4 Å². The number of benzene rings is 1. The van der Waals surface area contributed by atoms with E-state index in [9.17, 15) is 18.0 Å². The summed E-state index contributed by atoms with van der Waals surface area (Å²) in [4.78, 5) is 28.2. The zero-order chi connectivity index (χ0) is 21.6. The van der Waals surface area contributed by atoms with Crippen molar-refractivity contribution in [1.29, 1.82) is 0 Å². The van der Waals surface area contributed by atoms with Crippen LogP contribution in [0.2, 0.25) is 0 Å². The smallest absolute Gasteiger partial charge is 0.243 e. The van der Waals surface area contributed by atoms with Crippen molar-refractivity contribution in [2.24, 2.45) is 0 Å². The summed E-state index contributed by atoms with van der Waals surface area (Å²) in [6, 6.07) is 6.78. The quantitative estimate of drug-likeness (QED) is 0.619. The minimum atomic E-state index is -3.71. The number of sulfonamides is 1. The molecule has 8 nitrogen and oxygen atoms in total. The lowest BCUT2D eigenvalue weighted by Gasteiger charge is -2.29. The number of aryl methyl sites for hydroxylation is 1. The number of hydrogen-bond acceptors (Lipinski definition) is 5. The molecule has 2 fully saturated rings.